The lowest BCUT2D eigenvalue weighted by molar-refractivity contribution is -0.142. The number of likely N-dealkylation sites (N-methyl/N-ethyl adjacent to an activating group) is 2. The second-order valence-corrected chi connectivity index (χ2v) is 6.76. The third-order valence-corrected chi connectivity index (χ3v) is 5.20. The van der Waals surface area contributed by atoms with Crippen LogP contribution in [0.15, 0.2) is 0 Å². The fourth-order valence-corrected chi connectivity index (χ4v) is 3.41. The summed E-state index contributed by atoms with van der Waals surface area (Å²) in [5.74, 6) is -1.74. The highest BCUT2D eigenvalue weighted by atomic mass is 32.2. The van der Waals surface area contributed by atoms with Gasteiger partial charge in [-0.2, -0.15) is 17.0 Å². The van der Waals surface area contributed by atoms with Gasteiger partial charge < -0.3 is 10.4 Å². The lowest BCUT2D eigenvalue weighted by Gasteiger charge is -2.32. The van der Waals surface area contributed by atoms with Crippen molar-refractivity contribution < 1.29 is 23.1 Å². The van der Waals surface area contributed by atoms with Gasteiger partial charge in [-0.05, 0) is 19.8 Å². The van der Waals surface area contributed by atoms with E-state index in [0.29, 0.717) is 19.4 Å². The van der Waals surface area contributed by atoms with E-state index >= 15 is 0 Å². The Morgan fingerprint density at radius 2 is 1.90 bits per heavy atom. The van der Waals surface area contributed by atoms with Crippen LogP contribution in [0, 0.1) is 5.92 Å². The maximum atomic E-state index is 12.2. The first kappa shape index (κ1) is 16.9. The van der Waals surface area contributed by atoms with Crippen molar-refractivity contribution in [2.24, 2.45) is 5.92 Å². The Labute approximate surface area is 118 Å². The molecule has 0 aromatic heterocycles. The first-order valence-corrected chi connectivity index (χ1v) is 7.89. The molecule has 0 unspecified atom stereocenters. The minimum Gasteiger partial charge on any atom is -0.481 e. The van der Waals surface area contributed by atoms with Crippen LogP contribution in [-0.2, 0) is 19.8 Å². The van der Waals surface area contributed by atoms with E-state index in [1.54, 1.807) is 6.92 Å². The van der Waals surface area contributed by atoms with Crippen molar-refractivity contribution in [3.8, 4) is 0 Å². The molecule has 1 heterocycles. The van der Waals surface area contributed by atoms with Crippen LogP contribution in [0.5, 0.6) is 0 Å². The number of carboxylic acids is 1. The number of piperidine rings is 1. The Morgan fingerprint density at radius 1 is 1.35 bits per heavy atom. The maximum absolute atomic E-state index is 12.2. The second kappa shape index (κ2) is 7.00. The summed E-state index contributed by atoms with van der Waals surface area (Å²) in [6.07, 6.45) is 0.590. The highest BCUT2D eigenvalue weighted by molar-refractivity contribution is 7.86. The van der Waals surface area contributed by atoms with E-state index < -0.39 is 22.1 Å². The van der Waals surface area contributed by atoms with Gasteiger partial charge in [-0.25, -0.2) is 0 Å². The molecule has 0 aromatic carbocycles. The van der Waals surface area contributed by atoms with Crippen LogP contribution in [0.3, 0.4) is 0 Å². The van der Waals surface area contributed by atoms with Crippen molar-refractivity contribution in [1.29, 1.82) is 0 Å². The first-order valence-electron chi connectivity index (χ1n) is 6.50. The largest absolute Gasteiger partial charge is 0.481 e. The van der Waals surface area contributed by atoms with Crippen LogP contribution in [0.4, 0.5) is 0 Å². The van der Waals surface area contributed by atoms with Gasteiger partial charge in [0.25, 0.3) is 10.2 Å². The molecule has 8 nitrogen and oxygen atoms in total. The summed E-state index contributed by atoms with van der Waals surface area (Å²) in [7, 11) is -2.37. The number of hydrogen-bond donors (Lipinski definition) is 2. The van der Waals surface area contributed by atoms with Crippen LogP contribution in [0.25, 0.3) is 0 Å². The van der Waals surface area contributed by atoms with Crippen molar-refractivity contribution in [3.63, 3.8) is 0 Å². The highest BCUT2D eigenvalue weighted by Crippen LogP contribution is 2.20. The molecule has 1 rings (SSSR count). The normalized spacial score (nSPS) is 18.1. The minimum atomic E-state index is -3.71. The molecule has 1 fully saturated rings. The lowest BCUT2D eigenvalue weighted by Crippen LogP contribution is -2.49. The topological polar surface area (TPSA) is 107 Å². The summed E-state index contributed by atoms with van der Waals surface area (Å²) in [5.41, 5.74) is 0. The molecule has 2 N–H and O–H groups in total. The molecule has 0 bridgehead atoms. The molecule has 116 valence electrons. The standard InChI is InChI=1S/C11H21N3O5S/c1-3-12-10(15)8-13(2)20(18,19)14-6-4-9(5-7-14)11(16)17/h9H,3-8H2,1-2H3,(H,12,15)(H,16,17). The summed E-state index contributed by atoms with van der Waals surface area (Å²) < 4.78 is 26.7. The van der Waals surface area contributed by atoms with E-state index in [4.69, 9.17) is 5.11 Å². The van der Waals surface area contributed by atoms with Crippen LogP contribution in [0.2, 0.25) is 0 Å². The Balaban J connectivity index is 2.61. The van der Waals surface area contributed by atoms with E-state index in [-0.39, 0.29) is 25.5 Å². The SMILES string of the molecule is CCNC(=O)CN(C)S(=O)(=O)N1CCC(C(=O)O)CC1. The molecule has 0 aliphatic carbocycles. The zero-order valence-corrected chi connectivity index (χ0v) is 12.5. The van der Waals surface area contributed by atoms with E-state index in [0.717, 1.165) is 4.31 Å². The van der Waals surface area contributed by atoms with E-state index in [1.165, 1.54) is 11.4 Å². The number of carbonyl (C=O) groups is 2. The summed E-state index contributed by atoms with van der Waals surface area (Å²) in [5, 5.41) is 11.4. The van der Waals surface area contributed by atoms with Gasteiger partial charge in [-0.1, -0.05) is 0 Å². The number of aliphatic carboxylic acids is 1. The van der Waals surface area contributed by atoms with Gasteiger partial charge in [0.05, 0.1) is 12.5 Å². The highest BCUT2D eigenvalue weighted by Gasteiger charge is 2.33. The number of amides is 1. The zero-order chi connectivity index (χ0) is 15.3. The van der Waals surface area contributed by atoms with Gasteiger partial charge in [-0.3, -0.25) is 9.59 Å². The Bertz CT molecular complexity index is 457. The maximum Gasteiger partial charge on any atom is 0.306 e. The van der Waals surface area contributed by atoms with Crippen LogP contribution in [-0.4, -0.2) is 67.2 Å². The molecular formula is C11H21N3O5S. The Morgan fingerprint density at radius 3 is 2.35 bits per heavy atom. The van der Waals surface area contributed by atoms with Crippen LogP contribution in [0.1, 0.15) is 19.8 Å². The van der Waals surface area contributed by atoms with Crippen molar-refractivity contribution in [3.05, 3.63) is 0 Å². The number of carbonyl (C=O) groups excluding carboxylic acids is 1. The van der Waals surface area contributed by atoms with Crippen LogP contribution < -0.4 is 5.32 Å². The quantitative estimate of drug-likeness (QED) is 0.661. The van der Waals surface area contributed by atoms with Gasteiger partial charge >= 0.3 is 5.97 Å². The molecule has 1 aliphatic rings. The van der Waals surface area contributed by atoms with Gasteiger partial charge in [0.1, 0.15) is 0 Å². The van der Waals surface area contributed by atoms with Crippen LogP contribution >= 0.6 is 0 Å². The van der Waals surface area contributed by atoms with Gasteiger partial charge in [-0.15, -0.1) is 0 Å². The predicted octanol–water partition coefficient (Wildman–Crippen LogP) is -0.904. The predicted molar refractivity (Wildman–Crippen MR) is 72.2 cm³/mol. The zero-order valence-electron chi connectivity index (χ0n) is 11.7. The smallest absolute Gasteiger partial charge is 0.306 e. The van der Waals surface area contributed by atoms with Crippen molar-refractivity contribution in [2.45, 2.75) is 19.8 Å². The Kier molecular flexibility index (Phi) is 5.90. The monoisotopic (exact) mass is 307 g/mol. The third-order valence-electron chi connectivity index (χ3n) is 3.26. The molecule has 20 heavy (non-hydrogen) atoms. The van der Waals surface area contributed by atoms with Gasteiger partial charge in [0, 0.05) is 26.7 Å². The first-order chi connectivity index (χ1) is 9.28. The Hall–Kier alpha value is -1.19. The molecule has 0 spiro atoms. The molecule has 0 radical (unpaired) electrons. The van der Waals surface area contributed by atoms with Crippen molar-refractivity contribution >= 4 is 22.1 Å². The second-order valence-electron chi connectivity index (χ2n) is 4.73. The molecule has 9 heteroatoms. The summed E-state index contributed by atoms with van der Waals surface area (Å²) in [6, 6.07) is 0. The molecule has 1 aliphatic heterocycles. The van der Waals surface area contributed by atoms with E-state index in [9.17, 15) is 18.0 Å². The fraction of sp³-hybridized carbons (Fsp3) is 0.818. The van der Waals surface area contributed by atoms with E-state index in [1.807, 2.05) is 0 Å². The number of carboxylic acid groups (broad SMARTS) is 1. The molecule has 0 aromatic rings. The molecule has 0 saturated carbocycles. The average Bonchev–Trinajstić information content (AvgIpc) is 2.38. The minimum absolute atomic E-state index is 0.166. The van der Waals surface area contributed by atoms with Gasteiger partial charge in [0.15, 0.2) is 0 Å². The molecule has 1 saturated heterocycles. The average molecular weight is 307 g/mol. The third kappa shape index (κ3) is 4.15. The number of nitrogens with one attached hydrogen (secondary N) is 1. The lowest BCUT2D eigenvalue weighted by atomic mass is 9.99. The molecule has 0 atom stereocenters. The number of hydrogen-bond acceptors (Lipinski definition) is 4. The number of nitrogens with zero attached hydrogens (tertiary/aromatic N) is 2. The number of rotatable bonds is 6. The summed E-state index contributed by atoms with van der Waals surface area (Å²) in [4.78, 5) is 22.2. The summed E-state index contributed by atoms with van der Waals surface area (Å²) in [6.45, 7) is 2.28. The van der Waals surface area contributed by atoms with Crippen molar-refractivity contribution in [2.75, 3.05) is 33.2 Å². The molecule has 1 amide bonds. The van der Waals surface area contributed by atoms with E-state index in [2.05, 4.69) is 5.32 Å². The van der Waals surface area contributed by atoms with Gasteiger partial charge in [0.2, 0.25) is 5.91 Å². The fourth-order valence-electron chi connectivity index (χ4n) is 2.07. The van der Waals surface area contributed by atoms with Crippen molar-refractivity contribution in [1.82, 2.24) is 13.9 Å². The molecular weight excluding hydrogens is 286 g/mol. The summed E-state index contributed by atoms with van der Waals surface area (Å²) >= 11 is 0.